The number of carbonyl (C=O) groups excluding carboxylic acids is 1. The molecule has 0 unspecified atom stereocenters. The summed E-state index contributed by atoms with van der Waals surface area (Å²) in [6, 6.07) is 1.39. The van der Waals surface area contributed by atoms with E-state index in [2.05, 4.69) is 9.46 Å². The van der Waals surface area contributed by atoms with Crippen molar-refractivity contribution in [2.24, 2.45) is 5.41 Å². The number of aliphatic hydroxyl groups excluding tert-OH is 1. The van der Waals surface area contributed by atoms with E-state index < -0.39 is 16.0 Å². The summed E-state index contributed by atoms with van der Waals surface area (Å²) in [7, 11) is -2.55. The molecule has 0 aliphatic rings. The summed E-state index contributed by atoms with van der Waals surface area (Å²) in [6.07, 6.45) is 1.31. The van der Waals surface area contributed by atoms with Crippen molar-refractivity contribution in [2.75, 3.05) is 20.3 Å². The van der Waals surface area contributed by atoms with E-state index in [0.29, 0.717) is 12.8 Å². The van der Waals surface area contributed by atoms with Crippen LogP contribution in [0.25, 0.3) is 0 Å². The lowest BCUT2D eigenvalue weighted by atomic mass is 9.88. The number of hydrogen-bond donors (Lipinski definition) is 2. The fourth-order valence-corrected chi connectivity index (χ4v) is 4.34. The molecule has 0 bridgehead atoms. The average Bonchev–Trinajstić information content (AvgIpc) is 2.93. The highest BCUT2D eigenvalue weighted by Crippen LogP contribution is 2.25. The van der Waals surface area contributed by atoms with Crippen LogP contribution in [0.5, 0.6) is 0 Å². The first-order valence-corrected chi connectivity index (χ1v) is 8.86. The van der Waals surface area contributed by atoms with E-state index in [0.717, 1.165) is 11.3 Å². The largest absolute Gasteiger partial charge is 0.465 e. The molecule has 0 amide bonds. The summed E-state index contributed by atoms with van der Waals surface area (Å²) in [5.41, 5.74) is -0.281. The van der Waals surface area contributed by atoms with Crippen LogP contribution in [-0.2, 0) is 14.8 Å². The minimum Gasteiger partial charge on any atom is -0.465 e. The molecule has 0 fully saturated rings. The molecule has 0 atom stereocenters. The Bertz CT molecular complexity index is 577. The highest BCUT2D eigenvalue weighted by molar-refractivity contribution is 7.89. The summed E-state index contributed by atoms with van der Waals surface area (Å²) in [4.78, 5) is 11.6. The zero-order chi connectivity index (χ0) is 16.1. The van der Waals surface area contributed by atoms with E-state index in [4.69, 9.17) is 5.11 Å². The van der Waals surface area contributed by atoms with Crippen LogP contribution >= 0.6 is 11.3 Å². The molecule has 0 aromatic carbocycles. The highest BCUT2D eigenvalue weighted by atomic mass is 32.2. The second-order valence-corrected chi connectivity index (χ2v) is 8.07. The Morgan fingerprint density at radius 3 is 2.71 bits per heavy atom. The standard InChI is InChI=1S/C13H21NO5S2/c1-13(2,6-4-7-15)9-14-21(17,18)10-5-8-20-11(10)12(16)19-3/h5,8,14-15H,4,6-7,9H2,1-3H3. The van der Waals surface area contributed by atoms with E-state index in [1.54, 1.807) is 0 Å². The first-order chi connectivity index (χ1) is 9.73. The maximum absolute atomic E-state index is 12.3. The minimum atomic E-state index is -3.76. The third-order valence-corrected chi connectivity index (χ3v) is 5.51. The number of methoxy groups -OCH3 is 1. The van der Waals surface area contributed by atoms with E-state index in [1.165, 1.54) is 18.6 Å². The summed E-state index contributed by atoms with van der Waals surface area (Å²) < 4.78 is 31.7. The number of ether oxygens (including phenoxy) is 1. The van der Waals surface area contributed by atoms with Gasteiger partial charge in [-0.15, -0.1) is 11.3 Å². The zero-order valence-corrected chi connectivity index (χ0v) is 14.0. The van der Waals surface area contributed by atoms with Crippen molar-refractivity contribution in [3.05, 3.63) is 16.3 Å². The van der Waals surface area contributed by atoms with Crippen LogP contribution in [0.4, 0.5) is 0 Å². The van der Waals surface area contributed by atoms with Crippen molar-refractivity contribution in [3.8, 4) is 0 Å². The second kappa shape index (κ2) is 7.35. The molecule has 2 N–H and O–H groups in total. The van der Waals surface area contributed by atoms with Crippen LogP contribution in [-0.4, -0.2) is 39.8 Å². The van der Waals surface area contributed by atoms with Gasteiger partial charge in [-0.2, -0.15) is 0 Å². The number of nitrogens with one attached hydrogen (secondary N) is 1. The van der Waals surface area contributed by atoms with E-state index in [1.807, 2.05) is 13.8 Å². The summed E-state index contributed by atoms with van der Waals surface area (Å²) in [5, 5.41) is 10.4. The summed E-state index contributed by atoms with van der Waals surface area (Å²) in [5.74, 6) is -0.662. The molecule has 8 heteroatoms. The molecule has 1 aromatic rings. The lowest BCUT2D eigenvalue weighted by molar-refractivity contribution is 0.0602. The smallest absolute Gasteiger partial charge is 0.349 e. The maximum atomic E-state index is 12.3. The van der Waals surface area contributed by atoms with Gasteiger partial charge in [0, 0.05) is 13.2 Å². The van der Waals surface area contributed by atoms with E-state index in [9.17, 15) is 13.2 Å². The zero-order valence-electron chi connectivity index (χ0n) is 12.4. The Morgan fingerprint density at radius 1 is 1.48 bits per heavy atom. The lowest BCUT2D eigenvalue weighted by Gasteiger charge is -2.24. The molecule has 0 saturated heterocycles. The number of hydrogen-bond acceptors (Lipinski definition) is 6. The molecule has 21 heavy (non-hydrogen) atoms. The molecule has 120 valence electrons. The van der Waals surface area contributed by atoms with Gasteiger partial charge in [0.15, 0.2) is 0 Å². The van der Waals surface area contributed by atoms with Gasteiger partial charge in [-0.05, 0) is 29.7 Å². The quantitative estimate of drug-likeness (QED) is 0.704. The molecule has 1 rings (SSSR count). The van der Waals surface area contributed by atoms with Crippen LogP contribution < -0.4 is 4.72 Å². The van der Waals surface area contributed by atoms with Gasteiger partial charge >= 0.3 is 5.97 Å². The van der Waals surface area contributed by atoms with Gasteiger partial charge < -0.3 is 9.84 Å². The minimum absolute atomic E-state index is 0.0580. The van der Waals surface area contributed by atoms with Crippen molar-refractivity contribution in [1.29, 1.82) is 0 Å². The Labute approximate surface area is 129 Å². The monoisotopic (exact) mass is 335 g/mol. The lowest BCUT2D eigenvalue weighted by Crippen LogP contribution is -2.34. The topological polar surface area (TPSA) is 92.7 Å². The Hall–Kier alpha value is -0.960. The number of esters is 1. The normalized spacial score (nSPS) is 12.4. The van der Waals surface area contributed by atoms with Crippen molar-refractivity contribution in [2.45, 2.75) is 31.6 Å². The number of thiophene rings is 1. The van der Waals surface area contributed by atoms with Crippen LogP contribution in [0.3, 0.4) is 0 Å². The van der Waals surface area contributed by atoms with Crippen molar-refractivity contribution in [1.82, 2.24) is 4.72 Å². The van der Waals surface area contributed by atoms with Crippen molar-refractivity contribution < 1.29 is 23.1 Å². The van der Waals surface area contributed by atoms with Gasteiger partial charge in [0.25, 0.3) is 0 Å². The van der Waals surface area contributed by atoms with Gasteiger partial charge in [-0.1, -0.05) is 13.8 Å². The number of aliphatic hydroxyl groups is 1. The fourth-order valence-electron chi connectivity index (χ4n) is 1.76. The Kier molecular flexibility index (Phi) is 6.33. The average molecular weight is 335 g/mol. The molecular weight excluding hydrogens is 314 g/mol. The van der Waals surface area contributed by atoms with Gasteiger partial charge in [0.2, 0.25) is 10.0 Å². The summed E-state index contributed by atoms with van der Waals surface area (Å²) >= 11 is 1.03. The molecular formula is C13H21NO5S2. The van der Waals surface area contributed by atoms with Crippen molar-refractivity contribution in [3.63, 3.8) is 0 Å². The Balaban J connectivity index is 2.83. The Morgan fingerprint density at radius 2 is 2.14 bits per heavy atom. The SMILES string of the molecule is COC(=O)c1sccc1S(=O)(=O)NCC(C)(C)CCCO. The first-order valence-electron chi connectivity index (χ1n) is 6.50. The molecule has 1 heterocycles. The number of carbonyl (C=O) groups is 1. The van der Waals surface area contributed by atoms with Gasteiger partial charge in [0.1, 0.15) is 9.77 Å². The third kappa shape index (κ3) is 5.06. The third-order valence-electron chi connectivity index (χ3n) is 3.04. The summed E-state index contributed by atoms with van der Waals surface area (Å²) in [6.45, 7) is 4.14. The van der Waals surface area contributed by atoms with Crippen LogP contribution in [0.2, 0.25) is 0 Å². The second-order valence-electron chi connectivity index (χ2n) is 5.42. The molecule has 1 aromatic heterocycles. The predicted molar refractivity (Wildman–Crippen MR) is 80.9 cm³/mol. The number of sulfonamides is 1. The number of rotatable bonds is 8. The molecule has 0 radical (unpaired) electrons. The highest BCUT2D eigenvalue weighted by Gasteiger charge is 2.27. The maximum Gasteiger partial charge on any atom is 0.349 e. The van der Waals surface area contributed by atoms with Crippen LogP contribution in [0, 0.1) is 5.41 Å². The van der Waals surface area contributed by atoms with Crippen LogP contribution in [0.1, 0.15) is 36.4 Å². The van der Waals surface area contributed by atoms with Gasteiger partial charge in [-0.25, -0.2) is 17.9 Å². The predicted octanol–water partition coefficient (Wildman–Crippen LogP) is 1.61. The molecule has 0 saturated carbocycles. The van der Waals surface area contributed by atoms with Gasteiger partial charge in [-0.3, -0.25) is 0 Å². The van der Waals surface area contributed by atoms with E-state index >= 15 is 0 Å². The molecule has 0 spiro atoms. The van der Waals surface area contributed by atoms with Crippen molar-refractivity contribution >= 4 is 27.3 Å². The van der Waals surface area contributed by atoms with Gasteiger partial charge in [0.05, 0.1) is 7.11 Å². The molecule has 0 aliphatic carbocycles. The fraction of sp³-hybridized carbons (Fsp3) is 0.615. The molecule has 6 nitrogen and oxygen atoms in total. The molecule has 0 aliphatic heterocycles. The van der Waals surface area contributed by atoms with Crippen LogP contribution in [0.15, 0.2) is 16.3 Å². The first kappa shape index (κ1) is 18.1. The van der Waals surface area contributed by atoms with E-state index in [-0.39, 0.29) is 28.3 Å².